The number of nitrogens with zero attached hydrogens (tertiary/aromatic N) is 1. The highest BCUT2D eigenvalue weighted by Gasteiger charge is 2.15. The van der Waals surface area contributed by atoms with Gasteiger partial charge in [0.15, 0.2) is 0 Å². The van der Waals surface area contributed by atoms with Crippen molar-refractivity contribution in [2.45, 2.75) is 62.2 Å². The molecule has 1 N–H and O–H groups in total. The molecule has 0 aliphatic rings. The molecule has 0 bridgehead atoms. The van der Waals surface area contributed by atoms with Gasteiger partial charge in [-0.05, 0) is 67.3 Å². The molecule has 0 radical (unpaired) electrons. The van der Waals surface area contributed by atoms with Crippen molar-refractivity contribution in [2.75, 3.05) is 18.0 Å². The van der Waals surface area contributed by atoms with E-state index in [1.165, 1.54) is 25.3 Å². The van der Waals surface area contributed by atoms with Gasteiger partial charge in [-0.3, -0.25) is 9.69 Å². The number of aryl methyl sites for hydroxylation is 1. The number of rotatable bonds is 13. The Morgan fingerprint density at radius 1 is 0.861 bits per heavy atom. The minimum atomic E-state index is -0.336. The van der Waals surface area contributed by atoms with E-state index in [2.05, 4.69) is 36.5 Å². The maximum absolute atomic E-state index is 13.1. The summed E-state index contributed by atoms with van der Waals surface area (Å²) in [6.45, 7) is 4.92. The summed E-state index contributed by atoms with van der Waals surface area (Å²) in [5, 5.41) is 3.11. The van der Waals surface area contributed by atoms with E-state index < -0.39 is 0 Å². The van der Waals surface area contributed by atoms with Crippen LogP contribution in [0.4, 0.5) is 10.5 Å². The minimum Gasteiger partial charge on any atom is -0.427 e. The third kappa shape index (κ3) is 9.42. The number of anilines is 1. The largest absolute Gasteiger partial charge is 0.427 e. The Labute approximate surface area is 219 Å². The summed E-state index contributed by atoms with van der Waals surface area (Å²) in [5.41, 5.74) is 2.16. The molecule has 3 aromatic rings. The number of unbranched alkanes of at least 4 members (excludes halogenated alkanes) is 3. The number of hydrogen-bond acceptors (Lipinski definition) is 4. The van der Waals surface area contributed by atoms with E-state index in [9.17, 15) is 9.59 Å². The van der Waals surface area contributed by atoms with E-state index in [4.69, 9.17) is 4.74 Å². The maximum atomic E-state index is 13.1. The fourth-order valence-electron chi connectivity index (χ4n) is 3.87. The van der Waals surface area contributed by atoms with Crippen molar-refractivity contribution in [1.82, 2.24) is 5.32 Å². The second kappa shape index (κ2) is 15.0. The van der Waals surface area contributed by atoms with Crippen molar-refractivity contribution < 1.29 is 14.3 Å². The molecule has 0 aromatic heterocycles. The predicted molar refractivity (Wildman–Crippen MR) is 148 cm³/mol. The first-order valence-corrected chi connectivity index (χ1v) is 13.5. The van der Waals surface area contributed by atoms with Crippen LogP contribution < -0.4 is 15.0 Å². The van der Waals surface area contributed by atoms with Crippen LogP contribution in [-0.2, 0) is 11.2 Å². The standard InChI is InChI=1S/C30H36N2O3S/c1-3-4-5-9-21-31-30(34)32(22-11-14-25-12-7-6-8-13-25)26-17-19-28(20-18-26)36-29-16-10-15-27(23-29)35-24(2)33/h6-8,10,12-13,15-20,23H,3-5,9,11,14,21-22H2,1-2H3,(H,31,34). The summed E-state index contributed by atoms with van der Waals surface area (Å²) in [7, 11) is 0. The van der Waals surface area contributed by atoms with Crippen LogP contribution in [0.1, 0.15) is 51.5 Å². The van der Waals surface area contributed by atoms with Crippen LogP contribution in [-0.4, -0.2) is 25.1 Å². The summed E-state index contributed by atoms with van der Waals surface area (Å²) in [5.74, 6) is 0.196. The molecule has 0 atom stereocenters. The number of amides is 2. The third-order valence-corrected chi connectivity index (χ3v) is 6.69. The highest BCUT2D eigenvalue weighted by molar-refractivity contribution is 7.99. The van der Waals surface area contributed by atoms with Gasteiger partial charge in [0, 0.05) is 35.5 Å². The Morgan fingerprint density at radius 3 is 2.36 bits per heavy atom. The quantitative estimate of drug-likeness (QED) is 0.149. The predicted octanol–water partition coefficient (Wildman–Crippen LogP) is 7.49. The molecule has 0 aliphatic heterocycles. The van der Waals surface area contributed by atoms with E-state index in [-0.39, 0.29) is 12.0 Å². The Bertz CT molecular complexity index is 1090. The van der Waals surface area contributed by atoms with E-state index in [1.807, 2.05) is 53.4 Å². The molecule has 3 rings (SSSR count). The van der Waals surface area contributed by atoms with Crippen LogP contribution in [0.2, 0.25) is 0 Å². The normalized spacial score (nSPS) is 10.6. The number of benzene rings is 3. The molecule has 0 saturated carbocycles. The zero-order chi connectivity index (χ0) is 25.6. The van der Waals surface area contributed by atoms with Crippen LogP contribution in [0.15, 0.2) is 88.7 Å². The lowest BCUT2D eigenvalue weighted by molar-refractivity contribution is -0.131. The van der Waals surface area contributed by atoms with Gasteiger partial charge in [0.2, 0.25) is 0 Å². The van der Waals surface area contributed by atoms with Gasteiger partial charge in [-0.15, -0.1) is 0 Å². The van der Waals surface area contributed by atoms with Crippen LogP contribution >= 0.6 is 11.8 Å². The number of carbonyl (C=O) groups excluding carboxylic acids is 2. The first kappa shape index (κ1) is 27.3. The maximum Gasteiger partial charge on any atom is 0.321 e. The van der Waals surface area contributed by atoms with Crippen LogP contribution in [0, 0.1) is 0 Å². The molecule has 0 spiro atoms. The summed E-state index contributed by atoms with van der Waals surface area (Å²) in [6, 6.07) is 25.8. The van der Waals surface area contributed by atoms with Gasteiger partial charge in [0.05, 0.1) is 0 Å². The molecule has 3 aromatic carbocycles. The fraction of sp³-hybridized carbons (Fsp3) is 0.333. The van der Waals surface area contributed by atoms with Crippen molar-refractivity contribution in [3.05, 3.63) is 84.4 Å². The molecule has 0 heterocycles. The number of esters is 1. The zero-order valence-electron chi connectivity index (χ0n) is 21.2. The summed E-state index contributed by atoms with van der Waals surface area (Å²) in [4.78, 5) is 28.2. The van der Waals surface area contributed by atoms with Crippen molar-refractivity contribution in [2.24, 2.45) is 0 Å². The van der Waals surface area contributed by atoms with Crippen molar-refractivity contribution in [3.63, 3.8) is 0 Å². The van der Waals surface area contributed by atoms with Gasteiger partial charge in [-0.2, -0.15) is 0 Å². The Kier molecular flexibility index (Phi) is 11.4. The summed E-state index contributed by atoms with van der Waals surface area (Å²) in [6.07, 6.45) is 6.31. The molecule has 6 heteroatoms. The van der Waals surface area contributed by atoms with E-state index in [1.54, 1.807) is 17.8 Å². The fourth-order valence-corrected chi connectivity index (χ4v) is 4.74. The average molecular weight is 505 g/mol. The average Bonchev–Trinajstić information content (AvgIpc) is 2.87. The van der Waals surface area contributed by atoms with Gasteiger partial charge in [-0.25, -0.2) is 4.79 Å². The van der Waals surface area contributed by atoms with Crippen molar-refractivity contribution in [3.8, 4) is 5.75 Å². The topological polar surface area (TPSA) is 58.6 Å². The number of urea groups is 1. The molecular weight excluding hydrogens is 468 g/mol. The molecular formula is C30H36N2O3S. The summed E-state index contributed by atoms with van der Waals surface area (Å²) >= 11 is 1.58. The number of hydrogen-bond donors (Lipinski definition) is 1. The van der Waals surface area contributed by atoms with Crippen LogP contribution in [0.3, 0.4) is 0 Å². The lowest BCUT2D eigenvalue weighted by Gasteiger charge is -2.24. The summed E-state index contributed by atoms with van der Waals surface area (Å²) < 4.78 is 5.19. The zero-order valence-corrected chi connectivity index (χ0v) is 22.1. The number of nitrogens with one attached hydrogen (secondary N) is 1. The molecule has 190 valence electrons. The second-order valence-corrected chi connectivity index (χ2v) is 9.84. The van der Waals surface area contributed by atoms with Gasteiger partial charge in [0.1, 0.15) is 5.75 Å². The van der Waals surface area contributed by atoms with Crippen molar-refractivity contribution in [1.29, 1.82) is 0 Å². The Morgan fingerprint density at radius 2 is 1.64 bits per heavy atom. The van der Waals surface area contributed by atoms with E-state index in [0.717, 1.165) is 41.2 Å². The smallest absolute Gasteiger partial charge is 0.321 e. The first-order valence-electron chi connectivity index (χ1n) is 12.7. The third-order valence-electron chi connectivity index (χ3n) is 5.69. The molecule has 0 saturated heterocycles. The molecule has 36 heavy (non-hydrogen) atoms. The van der Waals surface area contributed by atoms with Gasteiger partial charge < -0.3 is 10.1 Å². The molecule has 0 unspecified atom stereocenters. The lowest BCUT2D eigenvalue weighted by Crippen LogP contribution is -2.41. The van der Waals surface area contributed by atoms with Gasteiger partial charge in [0.25, 0.3) is 0 Å². The highest BCUT2D eigenvalue weighted by Crippen LogP contribution is 2.31. The van der Waals surface area contributed by atoms with E-state index >= 15 is 0 Å². The van der Waals surface area contributed by atoms with Gasteiger partial charge >= 0.3 is 12.0 Å². The Balaban J connectivity index is 1.65. The molecule has 5 nitrogen and oxygen atoms in total. The van der Waals surface area contributed by atoms with Crippen LogP contribution in [0.25, 0.3) is 0 Å². The first-order chi connectivity index (χ1) is 17.5. The SMILES string of the molecule is CCCCCCNC(=O)N(CCCc1ccccc1)c1ccc(Sc2cccc(OC(C)=O)c2)cc1. The lowest BCUT2D eigenvalue weighted by atomic mass is 10.1. The second-order valence-electron chi connectivity index (χ2n) is 8.70. The minimum absolute atomic E-state index is 0.0472. The molecule has 2 amide bonds. The molecule has 0 aliphatic carbocycles. The highest BCUT2D eigenvalue weighted by atomic mass is 32.2. The van der Waals surface area contributed by atoms with E-state index in [0.29, 0.717) is 18.8 Å². The van der Waals surface area contributed by atoms with Gasteiger partial charge in [-0.1, -0.05) is 74.3 Å². The number of ether oxygens (including phenoxy) is 1. The Hall–Kier alpha value is -3.25. The number of carbonyl (C=O) groups is 2. The monoisotopic (exact) mass is 504 g/mol. The molecule has 0 fully saturated rings. The van der Waals surface area contributed by atoms with Crippen LogP contribution in [0.5, 0.6) is 5.75 Å². The van der Waals surface area contributed by atoms with Crippen molar-refractivity contribution >= 4 is 29.4 Å².